The third kappa shape index (κ3) is 4.34. The standard InChI is InChI=1S/C24H23N3S/c1-19-10-8-16-22(18-19)27-23(21-14-6-3-7-15-21)25-26-24(27)28-17-9-13-20-11-4-2-5-12-20/h2-8,10-12,14-16,18H,9,13,17H2,1H3. The van der Waals surface area contributed by atoms with E-state index >= 15 is 0 Å². The van der Waals surface area contributed by atoms with Crippen LogP contribution in [-0.2, 0) is 6.42 Å². The van der Waals surface area contributed by atoms with Crippen LogP contribution in [0.3, 0.4) is 0 Å². The second-order valence-electron chi connectivity index (χ2n) is 6.78. The average molecular weight is 386 g/mol. The van der Waals surface area contributed by atoms with Crippen molar-refractivity contribution in [2.45, 2.75) is 24.9 Å². The van der Waals surface area contributed by atoms with Gasteiger partial charge in [-0.3, -0.25) is 4.57 Å². The highest BCUT2D eigenvalue weighted by molar-refractivity contribution is 7.99. The first kappa shape index (κ1) is 18.5. The summed E-state index contributed by atoms with van der Waals surface area (Å²) in [5.41, 5.74) is 4.79. The van der Waals surface area contributed by atoms with Gasteiger partial charge in [-0.05, 0) is 43.0 Å². The van der Waals surface area contributed by atoms with Crippen LogP contribution in [0.15, 0.2) is 90.1 Å². The quantitative estimate of drug-likeness (QED) is 0.290. The predicted molar refractivity (Wildman–Crippen MR) is 117 cm³/mol. The first-order valence-electron chi connectivity index (χ1n) is 9.56. The Labute approximate surface area is 170 Å². The molecule has 140 valence electrons. The molecule has 0 radical (unpaired) electrons. The van der Waals surface area contributed by atoms with Crippen LogP contribution in [0.5, 0.6) is 0 Å². The van der Waals surface area contributed by atoms with Crippen molar-refractivity contribution >= 4 is 11.8 Å². The second-order valence-corrected chi connectivity index (χ2v) is 7.85. The lowest BCUT2D eigenvalue weighted by molar-refractivity contribution is 0.874. The van der Waals surface area contributed by atoms with Crippen molar-refractivity contribution in [1.82, 2.24) is 14.8 Å². The summed E-state index contributed by atoms with van der Waals surface area (Å²) in [6.45, 7) is 2.11. The highest BCUT2D eigenvalue weighted by Gasteiger charge is 2.16. The van der Waals surface area contributed by atoms with Crippen LogP contribution in [0, 0.1) is 6.92 Å². The van der Waals surface area contributed by atoms with E-state index in [-0.39, 0.29) is 0 Å². The van der Waals surface area contributed by atoms with Crippen LogP contribution >= 0.6 is 11.8 Å². The lowest BCUT2D eigenvalue weighted by atomic mass is 10.1. The van der Waals surface area contributed by atoms with Gasteiger partial charge in [0.15, 0.2) is 11.0 Å². The molecular formula is C24H23N3S. The number of thioether (sulfide) groups is 1. The zero-order valence-electron chi connectivity index (χ0n) is 16.0. The van der Waals surface area contributed by atoms with Crippen LogP contribution in [0.1, 0.15) is 17.5 Å². The van der Waals surface area contributed by atoms with Crippen LogP contribution < -0.4 is 0 Å². The molecule has 28 heavy (non-hydrogen) atoms. The maximum Gasteiger partial charge on any atom is 0.196 e. The Balaban J connectivity index is 1.57. The van der Waals surface area contributed by atoms with Gasteiger partial charge in [-0.25, -0.2) is 0 Å². The topological polar surface area (TPSA) is 30.7 Å². The van der Waals surface area contributed by atoms with Gasteiger partial charge >= 0.3 is 0 Å². The van der Waals surface area contributed by atoms with E-state index in [1.165, 1.54) is 11.1 Å². The van der Waals surface area contributed by atoms with Crippen molar-refractivity contribution in [1.29, 1.82) is 0 Å². The van der Waals surface area contributed by atoms with Crippen LogP contribution in [0.4, 0.5) is 0 Å². The molecule has 0 saturated heterocycles. The Bertz CT molecular complexity index is 1030. The van der Waals surface area contributed by atoms with Gasteiger partial charge in [-0.15, -0.1) is 10.2 Å². The zero-order chi connectivity index (χ0) is 19.2. The van der Waals surface area contributed by atoms with Crippen LogP contribution in [0.2, 0.25) is 0 Å². The fourth-order valence-electron chi connectivity index (χ4n) is 3.22. The summed E-state index contributed by atoms with van der Waals surface area (Å²) in [6, 6.07) is 29.4. The molecule has 1 aromatic heterocycles. The van der Waals surface area contributed by atoms with E-state index in [9.17, 15) is 0 Å². The first-order chi connectivity index (χ1) is 13.8. The van der Waals surface area contributed by atoms with Crippen molar-refractivity contribution in [2.75, 3.05) is 5.75 Å². The van der Waals surface area contributed by atoms with E-state index < -0.39 is 0 Å². The highest BCUT2D eigenvalue weighted by Crippen LogP contribution is 2.28. The van der Waals surface area contributed by atoms with Gasteiger partial charge in [0.2, 0.25) is 0 Å². The minimum absolute atomic E-state index is 0.886. The Morgan fingerprint density at radius 1 is 0.821 bits per heavy atom. The molecule has 3 aromatic carbocycles. The largest absolute Gasteiger partial charge is 0.270 e. The zero-order valence-corrected chi connectivity index (χ0v) is 16.8. The third-order valence-corrected chi connectivity index (χ3v) is 5.62. The van der Waals surface area contributed by atoms with E-state index in [4.69, 9.17) is 0 Å². The minimum atomic E-state index is 0.886. The molecule has 0 bridgehead atoms. The molecule has 1 heterocycles. The molecule has 0 aliphatic rings. The van der Waals surface area contributed by atoms with E-state index in [1.54, 1.807) is 11.8 Å². The van der Waals surface area contributed by atoms with Crippen molar-refractivity contribution in [2.24, 2.45) is 0 Å². The first-order valence-corrected chi connectivity index (χ1v) is 10.5. The molecule has 4 rings (SSSR count). The van der Waals surface area contributed by atoms with Crippen LogP contribution in [0.25, 0.3) is 17.1 Å². The lowest BCUT2D eigenvalue weighted by Gasteiger charge is -2.11. The SMILES string of the molecule is Cc1cccc(-n2c(SCCCc3ccccc3)nnc2-c2ccccc2)c1. The van der Waals surface area contributed by atoms with E-state index in [2.05, 4.69) is 88.4 Å². The molecule has 0 saturated carbocycles. The number of rotatable bonds is 7. The molecule has 0 amide bonds. The molecule has 3 nitrogen and oxygen atoms in total. The van der Waals surface area contributed by atoms with E-state index in [1.807, 2.05) is 18.2 Å². The molecule has 4 heteroatoms. The summed E-state index contributed by atoms with van der Waals surface area (Å²) < 4.78 is 2.18. The Hall–Kier alpha value is -2.85. The Morgan fingerprint density at radius 3 is 2.32 bits per heavy atom. The molecule has 0 N–H and O–H groups in total. The Morgan fingerprint density at radius 2 is 1.57 bits per heavy atom. The Kier molecular flexibility index (Phi) is 5.88. The fraction of sp³-hybridized carbons (Fsp3) is 0.167. The van der Waals surface area contributed by atoms with Crippen molar-refractivity contribution in [3.63, 3.8) is 0 Å². The monoisotopic (exact) mass is 385 g/mol. The summed E-state index contributed by atoms with van der Waals surface area (Å²) in [6.07, 6.45) is 2.19. The second kappa shape index (κ2) is 8.89. The molecular weight excluding hydrogens is 362 g/mol. The van der Waals surface area contributed by atoms with Gasteiger partial charge in [0.05, 0.1) is 0 Å². The summed E-state index contributed by atoms with van der Waals surface area (Å²) in [4.78, 5) is 0. The van der Waals surface area contributed by atoms with Crippen molar-refractivity contribution in [3.8, 4) is 17.1 Å². The number of hydrogen-bond donors (Lipinski definition) is 0. The predicted octanol–water partition coefficient (Wildman–Crippen LogP) is 5.97. The molecule has 0 aliphatic carbocycles. The molecule has 0 aliphatic heterocycles. The van der Waals surface area contributed by atoms with Crippen molar-refractivity contribution in [3.05, 3.63) is 96.1 Å². The maximum atomic E-state index is 4.52. The molecule has 0 unspecified atom stereocenters. The summed E-state index contributed by atoms with van der Waals surface area (Å²) >= 11 is 1.77. The number of aromatic nitrogens is 3. The highest BCUT2D eigenvalue weighted by atomic mass is 32.2. The molecule has 0 spiro atoms. The average Bonchev–Trinajstić information content (AvgIpc) is 3.16. The molecule has 4 aromatic rings. The summed E-state index contributed by atoms with van der Waals surface area (Å²) in [7, 11) is 0. The fourth-order valence-corrected chi connectivity index (χ4v) is 4.11. The van der Waals surface area contributed by atoms with Gasteiger partial charge in [-0.1, -0.05) is 84.6 Å². The third-order valence-electron chi connectivity index (χ3n) is 4.61. The van der Waals surface area contributed by atoms with E-state index in [0.717, 1.165) is 40.8 Å². The van der Waals surface area contributed by atoms with E-state index in [0.29, 0.717) is 0 Å². The molecule has 0 atom stereocenters. The molecule has 0 fully saturated rings. The number of benzene rings is 3. The van der Waals surface area contributed by atoms with Crippen molar-refractivity contribution < 1.29 is 0 Å². The summed E-state index contributed by atoms with van der Waals surface area (Å²) in [5.74, 6) is 1.89. The number of hydrogen-bond acceptors (Lipinski definition) is 3. The summed E-state index contributed by atoms with van der Waals surface area (Å²) in [5, 5.41) is 9.98. The maximum absolute atomic E-state index is 4.52. The normalized spacial score (nSPS) is 10.9. The van der Waals surface area contributed by atoms with Crippen LogP contribution in [-0.4, -0.2) is 20.5 Å². The lowest BCUT2D eigenvalue weighted by Crippen LogP contribution is -2.00. The number of aryl methyl sites for hydroxylation is 2. The minimum Gasteiger partial charge on any atom is -0.270 e. The smallest absolute Gasteiger partial charge is 0.196 e. The van der Waals surface area contributed by atoms with Gasteiger partial charge in [-0.2, -0.15) is 0 Å². The van der Waals surface area contributed by atoms with Gasteiger partial charge in [0, 0.05) is 17.0 Å². The van der Waals surface area contributed by atoms with Gasteiger partial charge in [0.25, 0.3) is 0 Å². The van der Waals surface area contributed by atoms with Gasteiger partial charge < -0.3 is 0 Å². The van der Waals surface area contributed by atoms with Gasteiger partial charge in [0.1, 0.15) is 0 Å². The number of nitrogens with zero attached hydrogens (tertiary/aromatic N) is 3.